The molecule has 0 saturated heterocycles. The van der Waals surface area contributed by atoms with E-state index in [1.165, 1.54) is 6.92 Å². The van der Waals surface area contributed by atoms with E-state index in [1.54, 1.807) is 24.3 Å². The second-order valence-electron chi connectivity index (χ2n) is 6.67. The van der Waals surface area contributed by atoms with Gasteiger partial charge in [0.05, 0.1) is 12.5 Å². The van der Waals surface area contributed by atoms with E-state index in [9.17, 15) is 19.2 Å². The zero-order chi connectivity index (χ0) is 21.9. The number of esters is 1. The summed E-state index contributed by atoms with van der Waals surface area (Å²) in [5, 5.41) is 8.02. The zero-order valence-corrected chi connectivity index (χ0v) is 16.9. The van der Waals surface area contributed by atoms with Crippen LogP contribution in [0.15, 0.2) is 54.6 Å². The first-order valence-corrected chi connectivity index (χ1v) is 9.51. The first-order valence-electron chi connectivity index (χ1n) is 9.51. The van der Waals surface area contributed by atoms with E-state index < -0.39 is 18.5 Å². The largest absolute Gasteiger partial charge is 0.456 e. The molecular weight excluding hydrogens is 386 g/mol. The lowest BCUT2D eigenvalue weighted by Gasteiger charge is -2.14. The summed E-state index contributed by atoms with van der Waals surface area (Å²) in [6.45, 7) is 2.84. The SMILES string of the molecule is CC(=O)Nc1ccc(NC(=O)CCC(=O)OCC(=O)N[C@@H](C)c2ccccc2)cc1. The lowest BCUT2D eigenvalue weighted by atomic mass is 10.1. The van der Waals surface area contributed by atoms with Crippen LogP contribution in [0, 0.1) is 0 Å². The third-order valence-corrected chi connectivity index (χ3v) is 4.09. The molecule has 0 aliphatic heterocycles. The molecule has 0 aliphatic rings. The minimum absolute atomic E-state index is 0.0751. The Bertz CT molecular complexity index is 881. The van der Waals surface area contributed by atoms with Gasteiger partial charge in [0.25, 0.3) is 5.91 Å². The number of carbonyl (C=O) groups excluding carboxylic acids is 4. The van der Waals surface area contributed by atoms with Crippen molar-refractivity contribution >= 4 is 35.1 Å². The van der Waals surface area contributed by atoms with E-state index >= 15 is 0 Å². The summed E-state index contributed by atoms with van der Waals surface area (Å²) in [5.74, 6) is -1.59. The number of ether oxygens (including phenoxy) is 1. The Morgan fingerprint density at radius 2 is 1.43 bits per heavy atom. The predicted octanol–water partition coefficient (Wildman–Crippen LogP) is 2.78. The molecule has 0 saturated carbocycles. The van der Waals surface area contributed by atoms with E-state index in [0.717, 1.165) is 5.56 Å². The molecule has 0 bridgehead atoms. The van der Waals surface area contributed by atoms with E-state index in [1.807, 2.05) is 37.3 Å². The van der Waals surface area contributed by atoms with Crippen LogP contribution in [-0.4, -0.2) is 30.3 Å². The second kappa shape index (κ2) is 11.4. The lowest BCUT2D eigenvalue weighted by Crippen LogP contribution is -2.31. The molecule has 30 heavy (non-hydrogen) atoms. The number of carbonyl (C=O) groups is 4. The van der Waals surface area contributed by atoms with Gasteiger partial charge in [-0.3, -0.25) is 19.2 Å². The molecule has 0 heterocycles. The number of nitrogens with one attached hydrogen (secondary N) is 3. The third kappa shape index (κ3) is 8.14. The van der Waals surface area contributed by atoms with Crippen LogP contribution in [0.2, 0.25) is 0 Å². The average molecular weight is 411 g/mol. The molecule has 2 aromatic carbocycles. The van der Waals surface area contributed by atoms with Crippen molar-refractivity contribution in [3.05, 3.63) is 60.2 Å². The van der Waals surface area contributed by atoms with Crippen LogP contribution in [0.3, 0.4) is 0 Å². The van der Waals surface area contributed by atoms with E-state index in [4.69, 9.17) is 4.74 Å². The molecule has 8 nitrogen and oxygen atoms in total. The second-order valence-corrected chi connectivity index (χ2v) is 6.67. The summed E-state index contributed by atoms with van der Waals surface area (Å²) in [4.78, 5) is 46.6. The van der Waals surface area contributed by atoms with Crippen LogP contribution in [0.25, 0.3) is 0 Å². The van der Waals surface area contributed by atoms with Crippen molar-refractivity contribution in [2.45, 2.75) is 32.7 Å². The molecule has 2 aromatic rings. The highest BCUT2D eigenvalue weighted by Gasteiger charge is 2.13. The fraction of sp³-hybridized carbons (Fsp3) is 0.273. The molecule has 2 rings (SSSR count). The number of rotatable bonds is 9. The maximum atomic E-state index is 12.0. The van der Waals surface area contributed by atoms with Crippen LogP contribution >= 0.6 is 0 Å². The maximum absolute atomic E-state index is 12.0. The van der Waals surface area contributed by atoms with Crippen molar-refractivity contribution in [2.75, 3.05) is 17.2 Å². The molecule has 0 aliphatic carbocycles. The quantitative estimate of drug-likeness (QED) is 0.549. The van der Waals surface area contributed by atoms with Gasteiger partial charge in [0.1, 0.15) is 0 Å². The Morgan fingerprint density at radius 1 is 0.833 bits per heavy atom. The highest BCUT2D eigenvalue weighted by atomic mass is 16.5. The van der Waals surface area contributed by atoms with Gasteiger partial charge in [0.15, 0.2) is 6.61 Å². The molecule has 0 radical (unpaired) electrons. The Kier molecular flexibility index (Phi) is 8.56. The molecule has 0 spiro atoms. The summed E-state index contributed by atoms with van der Waals surface area (Å²) in [5.41, 5.74) is 2.10. The van der Waals surface area contributed by atoms with Crippen LogP contribution in [0.1, 0.15) is 38.3 Å². The van der Waals surface area contributed by atoms with Gasteiger partial charge < -0.3 is 20.7 Å². The molecule has 8 heteroatoms. The van der Waals surface area contributed by atoms with Crippen LogP contribution in [-0.2, 0) is 23.9 Å². The summed E-state index contributed by atoms with van der Waals surface area (Å²) in [7, 11) is 0. The molecule has 158 valence electrons. The van der Waals surface area contributed by atoms with Gasteiger partial charge in [-0.2, -0.15) is 0 Å². The minimum atomic E-state index is -0.631. The number of hydrogen-bond acceptors (Lipinski definition) is 5. The van der Waals surface area contributed by atoms with Crippen LogP contribution in [0.4, 0.5) is 11.4 Å². The van der Waals surface area contributed by atoms with Gasteiger partial charge >= 0.3 is 5.97 Å². The van der Waals surface area contributed by atoms with Crippen molar-refractivity contribution in [3.8, 4) is 0 Å². The highest BCUT2D eigenvalue weighted by molar-refractivity contribution is 5.93. The first kappa shape index (κ1) is 22.6. The fourth-order valence-electron chi connectivity index (χ4n) is 2.61. The van der Waals surface area contributed by atoms with Gasteiger partial charge in [-0.25, -0.2) is 0 Å². The summed E-state index contributed by atoms with van der Waals surface area (Å²) < 4.78 is 4.92. The van der Waals surface area contributed by atoms with E-state index in [-0.39, 0.29) is 30.7 Å². The lowest BCUT2D eigenvalue weighted by molar-refractivity contribution is -0.149. The van der Waals surface area contributed by atoms with Crippen LogP contribution < -0.4 is 16.0 Å². The molecule has 0 fully saturated rings. The highest BCUT2D eigenvalue weighted by Crippen LogP contribution is 2.14. The van der Waals surface area contributed by atoms with Crippen molar-refractivity contribution in [3.63, 3.8) is 0 Å². The number of amides is 3. The Hall–Kier alpha value is -3.68. The normalized spacial score (nSPS) is 11.1. The molecule has 0 unspecified atom stereocenters. The number of benzene rings is 2. The summed E-state index contributed by atoms with van der Waals surface area (Å²) >= 11 is 0. The standard InChI is InChI=1S/C22H25N3O5/c1-15(17-6-4-3-5-7-17)23-21(28)14-30-22(29)13-12-20(27)25-19-10-8-18(9-11-19)24-16(2)26/h3-11,15H,12-14H2,1-2H3,(H,23,28)(H,24,26)(H,25,27)/t15-/m0/s1. The molecule has 1 atom stereocenters. The Morgan fingerprint density at radius 3 is 2.03 bits per heavy atom. The summed E-state index contributed by atoms with van der Waals surface area (Å²) in [6.07, 6.45) is -0.217. The fourth-order valence-corrected chi connectivity index (χ4v) is 2.61. The molecular formula is C22H25N3O5. The average Bonchev–Trinajstić information content (AvgIpc) is 2.72. The number of anilines is 2. The monoisotopic (exact) mass is 411 g/mol. The van der Waals surface area contributed by atoms with Crippen molar-refractivity contribution in [1.29, 1.82) is 0 Å². The smallest absolute Gasteiger partial charge is 0.306 e. The van der Waals surface area contributed by atoms with Gasteiger partial charge in [0, 0.05) is 24.7 Å². The Balaban J connectivity index is 1.66. The Labute approximate surface area is 175 Å². The van der Waals surface area contributed by atoms with E-state index in [2.05, 4.69) is 16.0 Å². The van der Waals surface area contributed by atoms with Crippen molar-refractivity contribution in [2.24, 2.45) is 0 Å². The zero-order valence-electron chi connectivity index (χ0n) is 16.9. The summed E-state index contributed by atoms with van der Waals surface area (Å²) in [6, 6.07) is 15.8. The molecule has 3 N–H and O–H groups in total. The van der Waals surface area contributed by atoms with Crippen molar-refractivity contribution < 1.29 is 23.9 Å². The maximum Gasteiger partial charge on any atom is 0.306 e. The minimum Gasteiger partial charge on any atom is -0.456 e. The van der Waals surface area contributed by atoms with Crippen molar-refractivity contribution in [1.82, 2.24) is 5.32 Å². The van der Waals surface area contributed by atoms with Gasteiger partial charge in [0.2, 0.25) is 11.8 Å². The van der Waals surface area contributed by atoms with Gasteiger partial charge in [-0.1, -0.05) is 30.3 Å². The van der Waals surface area contributed by atoms with Crippen LogP contribution in [0.5, 0.6) is 0 Å². The van der Waals surface area contributed by atoms with Gasteiger partial charge in [-0.05, 0) is 36.8 Å². The third-order valence-electron chi connectivity index (χ3n) is 4.09. The molecule has 3 amide bonds. The van der Waals surface area contributed by atoms with Gasteiger partial charge in [-0.15, -0.1) is 0 Å². The van der Waals surface area contributed by atoms with E-state index in [0.29, 0.717) is 11.4 Å². The molecule has 0 aromatic heterocycles. The first-order chi connectivity index (χ1) is 14.3. The topological polar surface area (TPSA) is 114 Å². The number of hydrogen-bond donors (Lipinski definition) is 3. The predicted molar refractivity (Wildman–Crippen MR) is 113 cm³/mol.